The molecule has 2 aromatic heterocycles. The molecule has 1 N–H and O–H groups in total. The number of carbonyl (C=O) groups excluding carboxylic acids is 1. The molecule has 1 amide bonds. The fraction of sp³-hybridized carbons (Fsp3) is 0.0476. The van der Waals surface area contributed by atoms with Crippen molar-refractivity contribution in [3.05, 3.63) is 82.8 Å². The normalized spacial score (nSPS) is 11.2. The van der Waals surface area contributed by atoms with E-state index in [1.165, 1.54) is 42.3 Å². The number of anilines is 1. The Hall–Kier alpha value is -4.80. The van der Waals surface area contributed by atoms with E-state index in [0.717, 1.165) is 0 Å². The van der Waals surface area contributed by atoms with Gasteiger partial charge < -0.3 is 14.5 Å². The first kappa shape index (κ1) is 20.5. The van der Waals surface area contributed by atoms with Gasteiger partial charge in [-0.15, -0.1) is 5.10 Å². The van der Waals surface area contributed by atoms with Crippen molar-refractivity contribution in [2.75, 3.05) is 12.4 Å². The quantitative estimate of drug-likeness (QED) is 0.266. The minimum atomic E-state index is -0.635. The van der Waals surface area contributed by atoms with Crippen molar-refractivity contribution in [3.8, 4) is 17.1 Å². The molecule has 0 aliphatic rings. The molecule has 32 heavy (non-hydrogen) atoms. The SMILES string of the molecule is COc1ccc([N+](=O)[O-])cc1NC(=O)/C(=C/c1ccco1)n1nnnc1-c1ccccc1. The smallest absolute Gasteiger partial charge is 0.274 e. The number of hydrogen-bond acceptors (Lipinski definition) is 8. The summed E-state index contributed by atoms with van der Waals surface area (Å²) in [4.78, 5) is 23.9. The monoisotopic (exact) mass is 432 g/mol. The molecule has 4 rings (SSSR count). The number of nitro benzene ring substituents is 1. The van der Waals surface area contributed by atoms with Crippen molar-refractivity contribution < 1.29 is 18.9 Å². The summed E-state index contributed by atoms with van der Waals surface area (Å²) in [5.41, 5.74) is 0.623. The number of benzene rings is 2. The zero-order chi connectivity index (χ0) is 22.5. The zero-order valence-corrected chi connectivity index (χ0v) is 16.7. The van der Waals surface area contributed by atoms with Crippen LogP contribution in [0.25, 0.3) is 23.2 Å². The van der Waals surface area contributed by atoms with Crippen molar-refractivity contribution in [2.24, 2.45) is 0 Å². The number of aromatic nitrogens is 4. The van der Waals surface area contributed by atoms with Gasteiger partial charge in [0.2, 0.25) is 0 Å². The molecule has 0 atom stereocenters. The molecule has 0 fully saturated rings. The molecular weight excluding hydrogens is 416 g/mol. The lowest BCUT2D eigenvalue weighted by atomic mass is 10.2. The van der Waals surface area contributed by atoms with Crippen LogP contribution in [-0.4, -0.2) is 38.1 Å². The van der Waals surface area contributed by atoms with Crippen LogP contribution in [0.2, 0.25) is 0 Å². The van der Waals surface area contributed by atoms with E-state index in [1.54, 1.807) is 24.3 Å². The molecule has 0 saturated heterocycles. The Morgan fingerprint density at radius 3 is 2.69 bits per heavy atom. The van der Waals surface area contributed by atoms with E-state index in [0.29, 0.717) is 17.1 Å². The maximum Gasteiger partial charge on any atom is 0.274 e. The Balaban J connectivity index is 1.77. The highest BCUT2D eigenvalue weighted by Crippen LogP contribution is 2.30. The lowest BCUT2D eigenvalue weighted by Gasteiger charge is -2.13. The van der Waals surface area contributed by atoms with Crippen LogP contribution in [0.15, 0.2) is 71.3 Å². The summed E-state index contributed by atoms with van der Waals surface area (Å²) in [5, 5.41) is 25.5. The first-order valence-corrected chi connectivity index (χ1v) is 9.30. The maximum atomic E-state index is 13.3. The first-order chi connectivity index (χ1) is 15.6. The highest BCUT2D eigenvalue weighted by Gasteiger charge is 2.22. The number of furan rings is 1. The molecule has 0 saturated carbocycles. The second kappa shape index (κ2) is 8.92. The van der Waals surface area contributed by atoms with Crippen LogP contribution in [0.3, 0.4) is 0 Å². The van der Waals surface area contributed by atoms with Crippen LogP contribution in [0.1, 0.15) is 5.76 Å². The molecule has 0 bridgehead atoms. The third-order valence-electron chi connectivity index (χ3n) is 4.43. The summed E-state index contributed by atoms with van der Waals surface area (Å²) in [6, 6.07) is 16.3. The van der Waals surface area contributed by atoms with Crippen LogP contribution < -0.4 is 10.1 Å². The summed E-state index contributed by atoms with van der Waals surface area (Å²) < 4.78 is 11.8. The second-order valence-corrected chi connectivity index (χ2v) is 6.42. The summed E-state index contributed by atoms with van der Waals surface area (Å²) in [6.07, 6.45) is 2.92. The predicted molar refractivity (Wildman–Crippen MR) is 114 cm³/mol. The Bertz CT molecular complexity index is 1280. The fourth-order valence-corrected chi connectivity index (χ4v) is 2.94. The Morgan fingerprint density at radius 2 is 2.00 bits per heavy atom. The Morgan fingerprint density at radius 1 is 1.19 bits per heavy atom. The van der Waals surface area contributed by atoms with Gasteiger partial charge in [-0.2, -0.15) is 4.68 Å². The number of hydrogen-bond donors (Lipinski definition) is 1. The van der Waals surface area contributed by atoms with Gasteiger partial charge in [-0.05, 0) is 28.6 Å². The van der Waals surface area contributed by atoms with Crippen molar-refractivity contribution in [3.63, 3.8) is 0 Å². The van der Waals surface area contributed by atoms with Crippen LogP contribution in [0.5, 0.6) is 5.75 Å². The predicted octanol–water partition coefficient (Wildman–Crippen LogP) is 3.49. The van der Waals surface area contributed by atoms with Crippen LogP contribution in [0.4, 0.5) is 11.4 Å². The minimum Gasteiger partial charge on any atom is -0.495 e. The number of rotatable bonds is 7. The Kier molecular flexibility index (Phi) is 5.70. The van der Waals surface area contributed by atoms with E-state index < -0.39 is 10.8 Å². The maximum absolute atomic E-state index is 13.3. The summed E-state index contributed by atoms with van der Waals surface area (Å²) in [5.74, 6) is 0.325. The van der Waals surface area contributed by atoms with Gasteiger partial charge in [0.05, 0.1) is 24.0 Å². The number of carbonyl (C=O) groups is 1. The van der Waals surface area contributed by atoms with E-state index in [-0.39, 0.29) is 22.8 Å². The van der Waals surface area contributed by atoms with Gasteiger partial charge in [-0.3, -0.25) is 14.9 Å². The molecular formula is C21H16N6O5. The van der Waals surface area contributed by atoms with Gasteiger partial charge in [0.1, 0.15) is 17.2 Å². The van der Waals surface area contributed by atoms with Crippen molar-refractivity contribution >= 4 is 29.1 Å². The van der Waals surface area contributed by atoms with E-state index in [1.807, 2.05) is 18.2 Å². The molecule has 11 heteroatoms. The molecule has 160 valence electrons. The summed E-state index contributed by atoms with van der Waals surface area (Å²) in [7, 11) is 1.39. The number of nitrogens with zero attached hydrogens (tertiary/aromatic N) is 5. The number of tetrazole rings is 1. The number of non-ortho nitro benzene ring substituents is 1. The summed E-state index contributed by atoms with van der Waals surface area (Å²) >= 11 is 0. The van der Waals surface area contributed by atoms with Crippen molar-refractivity contribution in [1.29, 1.82) is 0 Å². The number of nitrogens with one attached hydrogen (secondary N) is 1. The van der Waals surface area contributed by atoms with Gasteiger partial charge in [0.15, 0.2) is 5.82 Å². The number of ether oxygens (including phenoxy) is 1. The van der Waals surface area contributed by atoms with Crippen LogP contribution in [-0.2, 0) is 4.79 Å². The third-order valence-corrected chi connectivity index (χ3v) is 4.43. The van der Waals surface area contributed by atoms with Gasteiger partial charge in [-0.25, -0.2) is 0 Å². The molecule has 0 unspecified atom stereocenters. The van der Waals surface area contributed by atoms with E-state index >= 15 is 0 Å². The molecule has 4 aromatic rings. The van der Waals surface area contributed by atoms with E-state index in [9.17, 15) is 14.9 Å². The Labute approximate surface area is 181 Å². The van der Waals surface area contributed by atoms with Crippen LogP contribution >= 0.6 is 0 Å². The standard InChI is InChI=1S/C21H16N6O5/c1-31-19-10-9-15(27(29)30)12-17(19)22-21(28)18(13-16-8-5-11-32-16)26-20(23-24-25-26)14-6-3-2-4-7-14/h2-13H,1H3,(H,22,28)/b18-13-. The van der Waals surface area contributed by atoms with Gasteiger partial charge in [0, 0.05) is 23.8 Å². The second-order valence-electron chi connectivity index (χ2n) is 6.42. The zero-order valence-electron chi connectivity index (χ0n) is 16.7. The van der Waals surface area contributed by atoms with Crippen LogP contribution in [0, 0.1) is 10.1 Å². The van der Waals surface area contributed by atoms with Crippen molar-refractivity contribution in [2.45, 2.75) is 0 Å². The molecule has 2 heterocycles. The van der Waals surface area contributed by atoms with E-state index in [4.69, 9.17) is 9.15 Å². The fourth-order valence-electron chi connectivity index (χ4n) is 2.94. The number of nitro groups is 1. The lowest BCUT2D eigenvalue weighted by Crippen LogP contribution is -2.20. The van der Waals surface area contributed by atoms with Gasteiger partial charge >= 0.3 is 0 Å². The van der Waals surface area contributed by atoms with Gasteiger partial charge in [-0.1, -0.05) is 30.3 Å². The lowest BCUT2D eigenvalue weighted by molar-refractivity contribution is -0.384. The molecule has 0 spiro atoms. The number of amides is 1. The minimum absolute atomic E-state index is 0.0253. The highest BCUT2D eigenvalue weighted by atomic mass is 16.6. The number of methoxy groups -OCH3 is 1. The van der Waals surface area contributed by atoms with Gasteiger partial charge in [0.25, 0.3) is 11.6 Å². The molecule has 2 aromatic carbocycles. The molecule has 11 nitrogen and oxygen atoms in total. The van der Waals surface area contributed by atoms with Crippen molar-refractivity contribution in [1.82, 2.24) is 20.2 Å². The highest BCUT2D eigenvalue weighted by molar-refractivity contribution is 6.24. The van der Waals surface area contributed by atoms with E-state index in [2.05, 4.69) is 20.8 Å². The largest absolute Gasteiger partial charge is 0.495 e. The topological polar surface area (TPSA) is 138 Å². The average molecular weight is 432 g/mol. The molecule has 0 aliphatic heterocycles. The third kappa shape index (κ3) is 4.21. The molecule has 0 aliphatic carbocycles. The average Bonchev–Trinajstić information content (AvgIpc) is 3.50. The summed E-state index contributed by atoms with van der Waals surface area (Å²) in [6.45, 7) is 0. The molecule has 0 radical (unpaired) electrons. The first-order valence-electron chi connectivity index (χ1n) is 9.30.